The third-order valence-electron chi connectivity index (χ3n) is 6.74. The molecule has 4 aromatic rings. The van der Waals surface area contributed by atoms with Gasteiger partial charge in [-0.05, 0) is 62.1 Å². The van der Waals surface area contributed by atoms with Gasteiger partial charge in [-0.2, -0.15) is 0 Å². The molecule has 1 aliphatic rings. The molecule has 2 aromatic carbocycles. The van der Waals surface area contributed by atoms with Crippen molar-refractivity contribution in [1.82, 2.24) is 19.9 Å². The van der Waals surface area contributed by atoms with E-state index in [4.69, 9.17) is 11.6 Å². The highest BCUT2D eigenvalue weighted by molar-refractivity contribution is 6.31. The fourth-order valence-electron chi connectivity index (χ4n) is 4.87. The lowest BCUT2D eigenvalue weighted by Crippen LogP contribution is -2.43. The number of fused-ring (bicyclic) bond motifs is 2. The van der Waals surface area contributed by atoms with Crippen LogP contribution in [0.15, 0.2) is 53.5 Å². The predicted molar refractivity (Wildman–Crippen MR) is 137 cm³/mol. The summed E-state index contributed by atoms with van der Waals surface area (Å²) in [4.78, 5) is 35.8. The van der Waals surface area contributed by atoms with Crippen LogP contribution in [0.1, 0.15) is 25.3 Å². The summed E-state index contributed by atoms with van der Waals surface area (Å²) in [5.74, 6) is 0.509. The lowest BCUT2D eigenvalue weighted by atomic mass is 9.96. The number of nitrogens with one attached hydrogen (secondary N) is 2. The second-order valence-corrected chi connectivity index (χ2v) is 9.22. The molecule has 8 heteroatoms. The van der Waals surface area contributed by atoms with Gasteiger partial charge in [0, 0.05) is 54.2 Å². The molecule has 34 heavy (non-hydrogen) atoms. The first-order chi connectivity index (χ1) is 16.5. The van der Waals surface area contributed by atoms with E-state index in [1.807, 2.05) is 60.5 Å². The van der Waals surface area contributed by atoms with Crippen molar-refractivity contribution in [2.24, 2.45) is 5.92 Å². The van der Waals surface area contributed by atoms with E-state index in [0.717, 1.165) is 33.9 Å². The molecule has 7 nitrogen and oxygen atoms in total. The van der Waals surface area contributed by atoms with Crippen molar-refractivity contribution in [1.29, 1.82) is 0 Å². The number of hydrogen-bond acceptors (Lipinski definition) is 4. The van der Waals surface area contributed by atoms with E-state index < -0.39 is 0 Å². The smallest absolute Gasteiger partial charge is 0.293 e. The Kier molecular flexibility index (Phi) is 6.28. The quantitative estimate of drug-likeness (QED) is 0.437. The first-order valence-corrected chi connectivity index (χ1v) is 12.2. The summed E-state index contributed by atoms with van der Waals surface area (Å²) in [6.07, 6.45) is 4.12. The average molecular weight is 478 g/mol. The first kappa shape index (κ1) is 22.5. The number of benzene rings is 2. The third kappa shape index (κ3) is 4.28. The Bertz CT molecular complexity index is 1400. The Morgan fingerprint density at radius 1 is 1.21 bits per heavy atom. The molecule has 176 valence electrons. The van der Waals surface area contributed by atoms with Crippen molar-refractivity contribution in [3.8, 4) is 0 Å². The minimum Gasteiger partial charge on any atom is -0.361 e. The molecular formula is C26H28ClN5O2. The van der Waals surface area contributed by atoms with Crippen LogP contribution in [0.4, 0.5) is 5.82 Å². The van der Waals surface area contributed by atoms with Gasteiger partial charge >= 0.3 is 0 Å². The molecule has 2 aromatic heterocycles. The molecule has 1 fully saturated rings. The number of hydrogen-bond donors (Lipinski definition) is 2. The van der Waals surface area contributed by atoms with E-state index >= 15 is 0 Å². The summed E-state index contributed by atoms with van der Waals surface area (Å²) in [5, 5.41) is 4.89. The number of para-hydroxylation sites is 2. The van der Waals surface area contributed by atoms with Crippen LogP contribution in [-0.2, 0) is 17.8 Å². The third-order valence-corrected chi connectivity index (χ3v) is 6.97. The number of carbonyl (C=O) groups is 1. The number of H-pyrrole nitrogens is 1. The molecule has 1 saturated heterocycles. The van der Waals surface area contributed by atoms with E-state index in [0.29, 0.717) is 49.9 Å². The summed E-state index contributed by atoms with van der Waals surface area (Å²) in [6, 6.07) is 13.5. The highest BCUT2D eigenvalue weighted by atomic mass is 35.5. The fourth-order valence-corrected chi connectivity index (χ4v) is 5.05. The minimum atomic E-state index is -0.0667. The van der Waals surface area contributed by atoms with E-state index in [1.54, 1.807) is 4.57 Å². The number of nitrogens with zero attached hydrogens (tertiary/aromatic N) is 3. The summed E-state index contributed by atoms with van der Waals surface area (Å²) < 4.78 is 1.77. The van der Waals surface area contributed by atoms with Crippen molar-refractivity contribution >= 4 is 45.3 Å². The maximum atomic E-state index is 13.1. The second-order valence-electron chi connectivity index (χ2n) is 8.78. The van der Waals surface area contributed by atoms with Crippen LogP contribution in [0, 0.1) is 5.92 Å². The number of aryl methyl sites for hydroxylation is 1. The number of piperidine rings is 1. The van der Waals surface area contributed by atoms with Crippen molar-refractivity contribution in [2.75, 3.05) is 24.5 Å². The predicted octanol–water partition coefficient (Wildman–Crippen LogP) is 4.13. The van der Waals surface area contributed by atoms with Crippen molar-refractivity contribution in [3.05, 3.63) is 69.6 Å². The Balaban J connectivity index is 1.20. The summed E-state index contributed by atoms with van der Waals surface area (Å²) >= 11 is 6.13. The number of aromatic amines is 1. The van der Waals surface area contributed by atoms with Gasteiger partial charge in [0.15, 0.2) is 5.82 Å². The van der Waals surface area contributed by atoms with Crippen LogP contribution < -0.4 is 15.8 Å². The summed E-state index contributed by atoms with van der Waals surface area (Å²) in [6.45, 7) is 4.42. The Morgan fingerprint density at radius 3 is 2.79 bits per heavy atom. The first-order valence-electron chi connectivity index (χ1n) is 11.8. The zero-order valence-corrected chi connectivity index (χ0v) is 19.9. The molecule has 5 rings (SSSR count). The molecule has 0 aliphatic carbocycles. The monoisotopic (exact) mass is 477 g/mol. The van der Waals surface area contributed by atoms with Crippen LogP contribution in [0.3, 0.4) is 0 Å². The number of rotatable bonds is 6. The molecule has 1 aliphatic heterocycles. The van der Waals surface area contributed by atoms with Gasteiger partial charge in [0.25, 0.3) is 5.56 Å². The van der Waals surface area contributed by atoms with Gasteiger partial charge in [0.1, 0.15) is 0 Å². The Hall–Kier alpha value is -3.32. The van der Waals surface area contributed by atoms with Crippen LogP contribution in [0.2, 0.25) is 5.02 Å². The molecule has 2 N–H and O–H groups in total. The maximum absolute atomic E-state index is 13.1. The molecule has 0 saturated carbocycles. The summed E-state index contributed by atoms with van der Waals surface area (Å²) in [5.41, 5.74) is 3.79. The maximum Gasteiger partial charge on any atom is 0.293 e. The highest BCUT2D eigenvalue weighted by Crippen LogP contribution is 2.24. The van der Waals surface area contributed by atoms with Crippen LogP contribution in [0.5, 0.6) is 0 Å². The molecular weight excluding hydrogens is 450 g/mol. The van der Waals surface area contributed by atoms with Crippen molar-refractivity contribution < 1.29 is 4.79 Å². The van der Waals surface area contributed by atoms with Crippen molar-refractivity contribution in [2.45, 2.75) is 32.7 Å². The van der Waals surface area contributed by atoms with Gasteiger partial charge in [-0.3, -0.25) is 9.59 Å². The van der Waals surface area contributed by atoms with E-state index in [1.165, 1.54) is 0 Å². The lowest BCUT2D eigenvalue weighted by Gasteiger charge is -2.32. The largest absolute Gasteiger partial charge is 0.361 e. The highest BCUT2D eigenvalue weighted by Gasteiger charge is 2.27. The normalized spacial score (nSPS) is 14.7. The van der Waals surface area contributed by atoms with Crippen molar-refractivity contribution in [3.63, 3.8) is 0 Å². The SMILES string of the molecule is CCn1c(=O)c(N2CCC(C(=O)NCCc3c[nH]c4ccc(Cl)cc34)CC2)nc2ccccc21. The minimum absolute atomic E-state index is 0.0532. The number of amides is 1. The number of carbonyl (C=O) groups excluding carboxylic acids is 1. The zero-order valence-electron chi connectivity index (χ0n) is 19.2. The van der Waals surface area contributed by atoms with Gasteiger partial charge in [-0.1, -0.05) is 23.7 Å². The molecule has 1 amide bonds. The fraction of sp³-hybridized carbons (Fsp3) is 0.346. The molecule has 3 heterocycles. The van der Waals surface area contributed by atoms with Crippen LogP contribution in [0.25, 0.3) is 21.9 Å². The number of halogens is 1. The number of anilines is 1. The molecule has 0 unspecified atom stereocenters. The lowest BCUT2D eigenvalue weighted by molar-refractivity contribution is -0.125. The van der Waals surface area contributed by atoms with E-state index in [-0.39, 0.29) is 17.4 Å². The van der Waals surface area contributed by atoms with Crippen LogP contribution in [-0.4, -0.2) is 40.1 Å². The van der Waals surface area contributed by atoms with Gasteiger partial charge in [0.2, 0.25) is 5.91 Å². The Morgan fingerprint density at radius 2 is 2.00 bits per heavy atom. The Labute approximate surface area is 202 Å². The zero-order chi connectivity index (χ0) is 23.7. The van der Waals surface area contributed by atoms with Gasteiger partial charge < -0.3 is 19.8 Å². The molecule has 0 atom stereocenters. The van der Waals surface area contributed by atoms with E-state index in [2.05, 4.69) is 15.3 Å². The van der Waals surface area contributed by atoms with E-state index in [9.17, 15) is 9.59 Å². The van der Waals surface area contributed by atoms with Gasteiger partial charge in [-0.25, -0.2) is 4.98 Å². The molecule has 0 radical (unpaired) electrons. The average Bonchev–Trinajstić information content (AvgIpc) is 3.25. The molecule has 0 bridgehead atoms. The standard InChI is InChI=1S/C26H28ClN5O2/c1-2-32-23-6-4-3-5-22(23)30-24(26(32)34)31-13-10-17(11-14-31)25(33)28-12-9-18-16-29-21-8-7-19(27)15-20(18)21/h3-8,15-17,29H,2,9-14H2,1H3,(H,28,33). The second kappa shape index (κ2) is 9.50. The number of aromatic nitrogens is 3. The van der Waals surface area contributed by atoms with Gasteiger partial charge in [-0.15, -0.1) is 0 Å². The van der Waals surface area contributed by atoms with Crippen LogP contribution >= 0.6 is 11.6 Å². The van der Waals surface area contributed by atoms with Gasteiger partial charge in [0.05, 0.1) is 11.0 Å². The topological polar surface area (TPSA) is 83.0 Å². The summed E-state index contributed by atoms with van der Waals surface area (Å²) in [7, 11) is 0. The molecule has 0 spiro atoms.